The van der Waals surface area contributed by atoms with Crippen LogP contribution in [0.25, 0.3) is 0 Å². The van der Waals surface area contributed by atoms with E-state index in [9.17, 15) is 4.79 Å². The van der Waals surface area contributed by atoms with Crippen LogP contribution in [-0.4, -0.2) is 18.0 Å². The molecule has 1 aromatic carbocycles. The molecule has 0 radical (unpaired) electrons. The van der Waals surface area contributed by atoms with Gasteiger partial charge in [-0.2, -0.15) is 0 Å². The zero-order valence-corrected chi connectivity index (χ0v) is 12.0. The third-order valence-electron chi connectivity index (χ3n) is 2.57. The third kappa shape index (κ3) is 3.25. The van der Waals surface area contributed by atoms with Gasteiger partial charge in [-0.25, -0.2) is 10.8 Å². The number of nitrogens with two attached hydrogens (primary N) is 1. The van der Waals surface area contributed by atoms with E-state index in [4.69, 9.17) is 15.3 Å². The van der Waals surface area contributed by atoms with Crippen molar-refractivity contribution in [1.29, 1.82) is 0 Å². The average molecular weight is 293 g/mol. The summed E-state index contributed by atoms with van der Waals surface area (Å²) in [7, 11) is 1.59. The molecule has 106 valence electrons. The van der Waals surface area contributed by atoms with Crippen molar-refractivity contribution >= 4 is 17.2 Å². The van der Waals surface area contributed by atoms with Gasteiger partial charge in [-0.15, -0.1) is 11.3 Å². The first-order valence-electron chi connectivity index (χ1n) is 5.87. The van der Waals surface area contributed by atoms with E-state index in [0.29, 0.717) is 22.2 Å². The van der Waals surface area contributed by atoms with Crippen molar-refractivity contribution in [2.75, 3.05) is 7.11 Å². The average Bonchev–Trinajstić information content (AvgIpc) is 2.93. The number of aryl methyl sites for hydroxylation is 1. The summed E-state index contributed by atoms with van der Waals surface area (Å²) >= 11 is 1.22. The number of nitrogen functional groups attached to an aromatic ring is 1. The topological polar surface area (TPSA) is 86.5 Å². The number of hydrogen-bond donors (Lipinski definition) is 2. The van der Waals surface area contributed by atoms with E-state index < -0.39 is 5.91 Å². The Balaban J connectivity index is 2.05. The van der Waals surface area contributed by atoms with Gasteiger partial charge in [0.05, 0.1) is 12.8 Å². The lowest BCUT2D eigenvalue weighted by atomic mass is 10.2. The normalized spacial score (nSPS) is 10.2. The molecule has 2 aromatic rings. The van der Waals surface area contributed by atoms with Crippen molar-refractivity contribution < 1.29 is 14.3 Å². The van der Waals surface area contributed by atoms with Crippen molar-refractivity contribution in [2.24, 2.45) is 5.84 Å². The lowest BCUT2D eigenvalue weighted by molar-refractivity contribution is 0.0953. The van der Waals surface area contributed by atoms with Gasteiger partial charge in [0.25, 0.3) is 5.91 Å². The molecule has 1 amide bonds. The first-order valence-corrected chi connectivity index (χ1v) is 6.74. The smallest absolute Gasteiger partial charge is 0.294 e. The number of carbonyl (C=O) groups is 1. The maximum atomic E-state index is 11.3. The van der Waals surface area contributed by atoms with Gasteiger partial charge < -0.3 is 9.47 Å². The number of methoxy groups -OCH3 is 1. The van der Waals surface area contributed by atoms with Crippen LogP contribution >= 0.6 is 11.3 Å². The van der Waals surface area contributed by atoms with Gasteiger partial charge in [0.1, 0.15) is 6.61 Å². The monoisotopic (exact) mass is 293 g/mol. The van der Waals surface area contributed by atoms with Crippen molar-refractivity contribution in [3.8, 4) is 11.5 Å². The van der Waals surface area contributed by atoms with Crippen LogP contribution in [0.4, 0.5) is 0 Å². The van der Waals surface area contributed by atoms with Crippen LogP contribution in [0.2, 0.25) is 0 Å². The van der Waals surface area contributed by atoms with Crippen LogP contribution in [-0.2, 0) is 6.61 Å². The number of ether oxygens (including phenoxy) is 2. The Labute approximate surface area is 120 Å². The van der Waals surface area contributed by atoms with Gasteiger partial charge in [0.2, 0.25) is 0 Å². The van der Waals surface area contributed by atoms with E-state index in [0.717, 1.165) is 5.56 Å². The molecule has 0 saturated carbocycles. The highest BCUT2D eigenvalue weighted by molar-refractivity contribution is 7.11. The summed E-state index contributed by atoms with van der Waals surface area (Å²) in [5.74, 6) is 5.94. The number of carbonyl (C=O) groups excluding carboxylic acids is 1. The lowest BCUT2D eigenvalue weighted by Gasteiger charge is -2.10. The fourth-order valence-corrected chi connectivity index (χ4v) is 2.29. The summed E-state index contributed by atoms with van der Waals surface area (Å²) in [6.45, 7) is 2.23. The molecule has 6 nitrogen and oxygen atoms in total. The minimum atomic E-state index is -0.408. The molecule has 0 spiro atoms. The number of rotatable bonds is 5. The molecular formula is C13H15N3O3S. The number of aromatic nitrogens is 1. The predicted octanol–water partition coefficient (Wildman–Crippen LogP) is 1.64. The largest absolute Gasteiger partial charge is 0.493 e. The predicted molar refractivity (Wildman–Crippen MR) is 75.8 cm³/mol. The Bertz CT molecular complexity index is 613. The zero-order valence-electron chi connectivity index (χ0n) is 11.2. The number of nitrogens with one attached hydrogen (secondary N) is 1. The Kier molecular flexibility index (Phi) is 4.54. The van der Waals surface area contributed by atoms with Gasteiger partial charge >= 0.3 is 0 Å². The summed E-state index contributed by atoms with van der Waals surface area (Å²) in [6.07, 6.45) is 0. The third-order valence-corrected chi connectivity index (χ3v) is 3.46. The molecule has 0 fully saturated rings. The van der Waals surface area contributed by atoms with E-state index in [1.54, 1.807) is 12.5 Å². The number of amides is 1. The number of nitrogens with zero attached hydrogens (tertiary/aromatic N) is 1. The first-order chi connectivity index (χ1) is 9.63. The quantitative estimate of drug-likeness (QED) is 0.497. The molecule has 0 bridgehead atoms. The number of hydrogen-bond acceptors (Lipinski definition) is 6. The maximum Gasteiger partial charge on any atom is 0.294 e. The van der Waals surface area contributed by atoms with Crippen LogP contribution in [0.5, 0.6) is 11.5 Å². The highest BCUT2D eigenvalue weighted by Crippen LogP contribution is 2.28. The van der Waals surface area contributed by atoms with Gasteiger partial charge in [-0.3, -0.25) is 10.2 Å². The molecule has 0 aliphatic heterocycles. The van der Waals surface area contributed by atoms with Gasteiger partial charge in [0.15, 0.2) is 16.5 Å². The molecule has 0 aliphatic rings. The molecule has 20 heavy (non-hydrogen) atoms. The second-order valence-corrected chi connectivity index (χ2v) is 4.92. The van der Waals surface area contributed by atoms with Crippen LogP contribution in [0, 0.1) is 6.92 Å². The molecule has 0 aliphatic carbocycles. The Morgan fingerprint density at radius 3 is 2.95 bits per heavy atom. The van der Waals surface area contributed by atoms with Gasteiger partial charge in [-0.05, 0) is 24.6 Å². The van der Waals surface area contributed by atoms with Gasteiger partial charge in [0, 0.05) is 5.38 Å². The van der Waals surface area contributed by atoms with Gasteiger partial charge in [-0.1, -0.05) is 6.07 Å². The van der Waals surface area contributed by atoms with E-state index in [1.807, 2.05) is 30.5 Å². The molecule has 3 N–H and O–H groups in total. The summed E-state index contributed by atoms with van der Waals surface area (Å²) in [5, 5.41) is 2.06. The molecule has 7 heteroatoms. The highest BCUT2D eigenvalue weighted by atomic mass is 32.1. The van der Waals surface area contributed by atoms with E-state index in [1.165, 1.54) is 11.3 Å². The molecule has 0 unspecified atom stereocenters. The molecule has 2 rings (SSSR count). The Morgan fingerprint density at radius 1 is 1.45 bits per heavy atom. The van der Waals surface area contributed by atoms with Crippen molar-refractivity contribution in [1.82, 2.24) is 10.4 Å². The molecule has 0 saturated heterocycles. The minimum absolute atomic E-state index is 0.258. The van der Waals surface area contributed by atoms with E-state index in [-0.39, 0.29) is 6.61 Å². The Hall–Kier alpha value is -2.12. The van der Waals surface area contributed by atoms with E-state index in [2.05, 4.69) is 4.98 Å². The van der Waals surface area contributed by atoms with Crippen LogP contribution in [0.3, 0.4) is 0 Å². The van der Waals surface area contributed by atoms with Crippen molar-refractivity contribution in [2.45, 2.75) is 13.5 Å². The zero-order chi connectivity index (χ0) is 14.5. The van der Waals surface area contributed by atoms with E-state index >= 15 is 0 Å². The number of hydrazine groups is 1. The number of thiazole rings is 1. The Morgan fingerprint density at radius 2 is 2.25 bits per heavy atom. The fourth-order valence-electron chi connectivity index (χ4n) is 1.59. The fraction of sp³-hybridized carbons (Fsp3) is 0.231. The molecular weight excluding hydrogens is 278 g/mol. The van der Waals surface area contributed by atoms with Crippen LogP contribution in [0.1, 0.15) is 21.1 Å². The highest BCUT2D eigenvalue weighted by Gasteiger charge is 2.11. The first kappa shape index (κ1) is 14.3. The number of benzene rings is 1. The van der Waals surface area contributed by atoms with Crippen molar-refractivity contribution in [3.05, 3.63) is 39.8 Å². The summed E-state index contributed by atoms with van der Waals surface area (Å²) in [4.78, 5) is 15.4. The van der Waals surface area contributed by atoms with Crippen molar-refractivity contribution in [3.63, 3.8) is 0 Å². The maximum absolute atomic E-state index is 11.3. The molecule has 1 aromatic heterocycles. The summed E-state index contributed by atoms with van der Waals surface area (Å²) < 4.78 is 10.9. The molecule has 0 atom stereocenters. The summed E-state index contributed by atoms with van der Waals surface area (Å²) in [6, 6.07) is 5.67. The molecule has 1 heterocycles. The standard InChI is InChI=1S/C13H15N3O3S/c1-8-3-4-10(11(5-8)18-2)19-6-9-7-20-13(15-9)12(17)16-14/h3-5,7H,6,14H2,1-2H3,(H,16,17). The minimum Gasteiger partial charge on any atom is -0.493 e. The summed E-state index contributed by atoms with van der Waals surface area (Å²) in [5.41, 5.74) is 3.79. The second kappa shape index (κ2) is 6.36. The van der Waals surface area contributed by atoms with Crippen LogP contribution in [0.15, 0.2) is 23.6 Å². The lowest BCUT2D eigenvalue weighted by Crippen LogP contribution is -2.29. The second-order valence-electron chi connectivity index (χ2n) is 4.06. The SMILES string of the molecule is COc1cc(C)ccc1OCc1csc(C(=O)NN)n1. The van der Waals surface area contributed by atoms with Crippen LogP contribution < -0.4 is 20.7 Å².